The molecule has 0 radical (unpaired) electrons. The summed E-state index contributed by atoms with van der Waals surface area (Å²) in [6.45, 7) is 0. The van der Waals surface area contributed by atoms with E-state index < -0.39 is 36.5 Å². The number of aliphatic hydroxyl groups excluding tert-OH is 1. The molecule has 0 aromatic heterocycles. The van der Waals surface area contributed by atoms with Gasteiger partial charge in [-0.15, -0.1) is 0 Å². The zero-order valence-electron chi connectivity index (χ0n) is 14.4. The lowest BCUT2D eigenvalue weighted by atomic mass is 9.90. The lowest BCUT2D eigenvalue weighted by molar-refractivity contribution is -0.168. The molecule has 5 N–H and O–H groups in total. The Morgan fingerprint density at radius 2 is 1.77 bits per heavy atom. The number of aliphatic hydroxyl groups is 2. The van der Waals surface area contributed by atoms with Gasteiger partial charge < -0.3 is 25.5 Å². The number of halogens is 1. The lowest BCUT2D eigenvalue weighted by Crippen LogP contribution is -2.43. The van der Waals surface area contributed by atoms with Crippen LogP contribution in [0.3, 0.4) is 0 Å². The van der Waals surface area contributed by atoms with Crippen molar-refractivity contribution in [2.45, 2.75) is 63.1 Å². The first-order chi connectivity index (χ1) is 12.1. The number of phenolic OH excluding ortho intramolecular Hbond substituents is 1. The SMILES string of the molecule is O=C(O)C[C@](O)(C[C@@H](O)CCCCCCc1ccc(Cl)cc1O)C(=O)O. The molecule has 0 amide bonds. The molecule has 2 atom stereocenters. The van der Waals surface area contributed by atoms with Gasteiger partial charge in [0.25, 0.3) is 0 Å². The van der Waals surface area contributed by atoms with E-state index in [4.69, 9.17) is 21.8 Å². The largest absolute Gasteiger partial charge is 0.508 e. The highest BCUT2D eigenvalue weighted by atomic mass is 35.5. The number of aliphatic carboxylic acids is 2. The van der Waals surface area contributed by atoms with Crippen LogP contribution in [0, 0.1) is 0 Å². The Balaban J connectivity index is 2.28. The predicted octanol–water partition coefficient (Wildman–Crippen LogP) is 2.58. The number of carboxylic acids is 2. The number of carboxylic acid groups (broad SMARTS) is 2. The summed E-state index contributed by atoms with van der Waals surface area (Å²) in [5.41, 5.74) is -1.65. The Labute approximate surface area is 156 Å². The first-order valence-electron chi connectivity index (χ1n) is 8.47. The van der Waals surface area contributed by atoms with Gasteiger partial charge in [0.05, 0.1) is 12.5 Å². The number of hydrogen-bond acceptors (Lipinski definition) is 5. The molecule has 0 fully saturated rings. The maximum atomic E-state index is 11.0. The molecule has 26 heavy (non-hydrogen) atoms. The van der Waals surface area contributed by atoms with E-state index in [2.05, 4.69) is 0 Å². The van der Waals surface area contributed by atoms with Gasteiger partial charge in [-0.25, -0.2) is 4.79 Å². The van der Waals surface area contributed by atoms with Crippen LogP contribution >= 0.6 is 11.6 Å². The first kappa shape index (κ1) is 22.2. The van der Waals surface area contributed by atoms with Crippen molar-refractivity contribution in [2.24, 2.45) is 0 Å². The average Bonchev–Trinajstić information content (AvgIpc) is 2.51. The number of carbonyl (C=O) groups is 2. The molecule has 1 rings (SSSR count). The van der Waals surface area contributed by atoms with Gasteiger partial charge in [0.15, 0.2) is 5.60 Å². The number of unbranched alkanes of at least 4 members (excludes halogenated alkanes) is 3. The number of hydrogen-bond donors (Lipinski definition) is 5. The zero-order valence-corrected chi connectivity index (χ0v) is 15.2. The van der Waals surface area contributed by atoms with Crippen molar-refractivity contribution < 1.29 is 35.1 Å². The minimum atomic E-state index is -2.46. The Hall–Kier alpha value is -1.83. The quantitative estimate of drug-likeness (QED) is 0.347. The van der Waals surface area contributed by atoms with Crippen LogP contribution in [0.1, 0.15) is 50.5 Å². The van der Waals surface area contributed by atoms with Crippen LogP contribution in [0.2, 0.25) is 5.02 Å². The van der Waals surface area contributed by atoms with Crippen LogP contribution in [-0.4, -0.2) is 49.2 Å². The van der Waals surface area contributed by atoms with Crippen LogP contribution in [0.4, 0.5) is 0 Å². The molecule has 1 aromatic rings. The van der Waals surface area contributed by atoms with Gasteiger partial charge >= 0.3 is 11.9 Å². The third-order valence-corrected chi connectivity index (χ3v) is 4.43. The Morgan fingerprint density at radius 1 is 1.12 bits per heavy atom. The predicted molar refractivity (Wildman–Crippen MR) is 95.4 cm³/mol. The summed E-state index contributed by atoms with van der Waals surface area (Å²) in [6.07, 6.45) is 1.51. The molecule has 1 aromatic carbocycles. The molecule has 0 unspecified atom stereocenters. The third kappa shape index (κ3) is 7.59. The second-order valence-electron chi connectivity index (χ2n) is 6.49. The second-order valence-corrected chi connectivity index (χ2v) is 6.93. The van der Waals surface area contributed by atoms with Gasteiger partial charge in [-0.1, -0.05) is 36.9 Å². The van der Waals surface area contributed by atoms with Gasteiger partial charge in [0, 0.05) is 11.4 Å². The molecular formula is C18H25ClO7. The minimum Gasteiger partial charge on any atom is -0.508 e. The highest BCUT2D eigenvalue weighted by Gasteiger charge is 2.40. The highest BCUT2D eigenvalue weighted by molar-refractivity contribution is 6.30. The topological polar surface area (TPSA) is 135 Å². The van der Waals surface area contributed by atoms with Gasteiger partial charge in [-0.05, 0) is 37.0 Å². The van der Waals surface area contributed by atoms with Gasteiger partial charge in [-0.2, -0.15) is 0 Å². The number of rotatable bonds is 12. The minimum absolute atomic E-state index is 0.166. The highest BCUT2D eigenvalue weighted by Crippen LogP contribution is 2.24. The molecule has 0 saturated carbocycles. The molecule has 0 bridgehead atoms. The van der Waals surface area contributed by atoms with Gasteiger partial charge in [0.2, 0.25) is 0 Å². The maximum Gasteiger partial charge on any atom is 0.336 e. The van der Waals surface area contributed by atoms with E-state index in [0.29, 0.717) is 17.9 Å². The van der Waals surface area contributed by atoms with E-state index in [1.165, 1.54) is 6.07 Å². The molecule has 0 spiro atoms. The summed E-state index contributed by atoms with van der Waals surface area (Å²) in [5.74, 6) is -2.92. The normalized spacial score (nSPS) is 14.6. The van der Waals surface area contributed by atoms with Crippen molar-refractivity contribution in [3.05, 3.63) is 28.8 Å². The van der Waals surface area contributed by atoms with Crippen molar-refractivity contribution in [3.63, 3.8) is 0 Å². The van der Waals surface area contributed by atoms with E-state index in [0.717, 1.165) is 24.8 Å². The number of aryl methyl sites for hydroxylation is 1. The van der Waals surface area contributed by atoms with Crippen molar-refractivity contribution in [1.29, 1.82) is 0 Å². The van der Waals surface area contributed by atoms with Crippen LogP contribution in [0.15, 0.2) is 18.2 Å². The molecule has 0 saturated heterocycles. The monoisotopic (exact) mass is 388 g/mol. The summed E-state index contributed by atoms with van der Waals surface area (Å²) < 4.78 is 0. The molecule has 0 aliphatic heterocycles. The van der Waals surface area contributed by atoms with Gasteiger partial charge in [0.1, 0.15) is 5.75 Å². The summed E-state index contributed by atoms with van der Waals surface area (Å²) in [5, 5.41) is 47.6. The number of aromatic hydroxyl groups is 1. The van der Waals surface area contributed by atoms with Crippen molar-refractivity contribution in [2.75, 3.05) is 0 Å². The lowest BCUT2D eigenvalue weighted by Gasteiger charge is -2.24. The van der Waals surface area contributed by atoms with Crippen molar-refractivity contribution in [1.82, 2.24) is 0 Å². The van der Waals surface area contributed by atoms with E-state index in [1.807, 2.05) is 0 Å². The molecule has 7 nitrogen and oxygen atoms in total. The number of benzene rings is 1. The molecule has 146 valence electrons. The van der Waals surface area contributed by atoms with Crippen molar-refractivity contribution >= 4 is 23.5 Å². The smallest absolute Gasteiger partial charge is 0.336 e. The Kier molecular flexibility index (Phi) is 8.84. The maximum absolute atomic E-state index is 11.0. The Morgan fingerprint density at radius 3 is 2.35 bits per heavy atom. The molecule has 0 aliphatic rings. The van der Waals surface area contributed by atoms with Crippen molar-refractivity contribution in [3.8, 4) is 5.75 Å². The van der Waals surface area contributed by atoms with Gasteiger partial charge in [-0.3, -0.25) is 4.79 Å². The summed E-state index contributed by atoms with van der Waals surface area (Å²) in [4.78, 5) is 21.7. The average molecular weight is 389 g/mol. The zero-order chi connectivity index (χ0) is 19.7. The van der Waals surface area contributed by atoms with Crippen LogP contribution in [0.5, 0.6) is 5.75 Å². The standard InChI is InChI=1S/C18H25ClO7/c19-13-8-7-12(15(21)9-13)5-3-1-2-4-6-14(20)10-18(26,17(24)25)11-16(22)23/h7-9,14,20-21,26H,1-6,10-11H2,(H,22,23)(H,24,25)/t14-,18+/m0/s1. The summed E-state index contributed by atoms with van der Waals surface area (Å²) in [7, 11) is 0. The molecule has 0 aliphatic carbocycles. The fraction of sp³-hybridized carbons (Fsp3) is 0.556. The number of phenols is 1. The van der Waals surface area contributed by atoms with Crippen LogP contribution in [0.25, 0.3) is 0 Å². The fourth-order valence-electron chi connectivity index (χ4n) is 2.77. The Bertz CT molecular complexity index is 620. The first-order valence-corrected chi connectivity index (χ1v) is 8.85. The summed E-state index contributed by atoms with van der Waals surface area (Å²) in [6, 6.07) is 4.98. The van der Waals surface area contributed by atoms with E-state index in [-0.39, 0.29) is 12.2 Å². The second kappa shape index (κ2) is 10.4. The molecular weight excluding hydrogens is 364 g/mol. The van der Waals surface area contributed by atoms with Crippen LogP contribution < -0.4 is 0 Å². The van der Waals surface area contributed by atoms with E-state index in [9.17, 15) is 24.9 Å². The fourth-order valence-corrected chi connectivity index (χ4v) is 2.94. The van der Waals surface area contributed by atoms with E-state index in [1.54, 1.807) is 12.1 Å². The molecule has 0 heterocycles. The van der Waals surface area contributed by atoms with Crippen LogP contribution in [-0.2, 0) is 16.0 Å². The molecule has 8 heteroatoms. The third-order valence-electron chi connectivity index (χ3n) is 4.20. The van der Waals surface area contributed by atoms with E-state index >= 15 is 0 Å². The summed E-state index contributed by atoms with van der Waals surface area (Å²) >= 11 is 5.77.